The Balaban J connectivity index is 2.99. The molecule has 82 valence electrons. The molecule has 0 aliphatic rings. The Morgan fingerprint density at radius 3 is 2.36 bits per heavy atom. The van der Waals surface area contributed by atoms with Crippen LogP contribution in [0.3, 0.4) is 0 Å². The molecule has 0 bridgehead atoms. The van der Waals surface area contributed by atoms with Gasteiger partial charge in [0.15, 0.2) is 0 Å². The minimum atomic E-state index is 0.330. The van der Waals surface area contributed by atoms with E-state index in [4.69, 9.17) is 5.11 Å². The number of unbranched alkanes of at least 4 members (excludes halogenated alkanes) is 5. The molecule has 0 aliphatic heterocycles. The number of hydrogen-bond donors (Lipinski definition) is 1. The van der Waals surface area contributed by atoms with Gasteiger partial charge in [-0.1, -0.05) is 44.9 Å². The Hall–Kier alpha value is -0.720. The molecule has 14 heavy (non-hydrogen) atoms. The molecule has 0 saturated carbocycles. The number of hydrogen-bond acceptors (Lipinski definition) is 1. The minimum absolute atomic E-state index is 0.330. The van der Waals surface area contributed by atoms with Crippen LogP contribution < -0.4 is 0 Å². The molecule has 0 aliphatic carbocycles. The Kier molecular flexibility index (Phi) is 9.83. The summed E-state index contributed by atoms with van der Waals surface area (Å²) >= 11 is 0. The summed E-state index contributed by atoms with van der Waals surface area (Å²) in [7, 11) is 0. The molecule has 0 aromatic carbocycles. The summed E-state index contributed by atoms with van der Waals surface area (Å²) in [4.78, 5) is 0. The number of rotatable bonds is 9. The zero-order chi connectivity index (χ0) is 10.6. The van der Waals surface area contributed by atoms with E-state index < -0.39 is 0 Å². The van der Waals surface area contributed by atoms with Crippen molar-refractivity contribution in [3.8, 4) is 0 Å². The predicted octanol–water partition coefficient (Wildman–Crippen LogP) is 4.76. The van der Waals surface area contributed by atoms with Gasteiger partial charge >= 0.3 is 0 Å². The smallest absolute Gasteiger partial charge is 0.0851 e. The van der Waals surface area contributed by atoms with Gasteiger partial charge < -0.3 is 5.11 Å². The van der Waals surface area contributed by atoms with Crippen LogP contribution in [0.5, 0.6) is 0 Å². The van der Waals surface area contributed by atoms with Gasteiger partial charge in [-0.05, 0) is 25.7 Å². The van der Waals surface area contributed by atoms with Crippen LogP contribution in [-0.4, -0.2) is 5.11 Å². The van der Waals surface area contributed by atoms with E-state index in [1.807, 2.05) is 0 Å². The summed E-state index contributed by atoms with van der Waals surface area (Å²) in [5.74, 6) is 0.330. The van der Waals surface area contributed by atoms with Gasteiger partial charge in [0.25, 0.3) is 0 Å². The average molecular weight is 196 g/mol. The fourth-order valence-corrected chi connectivity index (χ4v) is 1.41. The highest BCUT2D eigenvalue weighted by Crippen LogP contribution is 2.09. The first kappa shape index (κ1) is 13.3. The third-order valence-corrected chi connectivity index (χ3v) is 2.24. The van der Waals surface area contributed by atoms with Gasteiger partial charge in [0.1, 0.15) is 0 Å². The molecule has 1 nitrogen and oxygen atoms in total. The third kappa shape index (κ3) is 11.3. The maximum atomic E-state index is 8.85. The summed E-state index contributed by atoms with van der Waals surface area (Å²) in [5.41, 5.74) is 0. The molecule has 0 saturated heterocycles. The van der Waals surface area contributed by atoms with Crippen molar-refractivity contribution >= 4 is 0 Å². The second-order valence-corrected chi connectivity index (χ2v) is 3.75. The van der Waals surface area contributed by atoms with Crippen molar-refractivity contribution in [2.45, 2.75) is 58.3 Å². The monoisotopic (exact) mass is 196 g/mol. The lowest BCUT2D eigenvalue weighted by molar-refractivity contribution is 0.383. The van der Waals surface area contributed by atoms with Crippen LogP contribution in [0, 0.1) is 0 Å². The fraction of sp³-hybridized carbons (Fsp3) is 0.692. The first-order chi connectivity index (χ1) is 6.77. The molecule has 0 radical (unpaired) electrons. The van der Waals surface area contributed by atoms with Crippen molar-refractivity contribution in [3.63, 3.8) is 0 Å². The van der Waals surface area contributed by atoms with Crippen molar-refractivity contribution in [2.75, 3.05) is 0 Å². The van der Waals surface area contributed by atoms with Crippen LogP contribution in [0.2, 0.25) is 0 Å². The quantitative estimate of drug-likeness (QED) is 0.320. The van der Waals surface area contributed by atoms with E-state index >= 15 is 0 Å². The molecular weight excluding hydrogens is 172 g/mol. The van der Waals surface area contributed by atoms with Gasteiger partial charge in [0.2, 0.25) is 0 Å². The maximum absolute atomic E-state index is 8.85. The van der Waals surface area contributed by atoms with E-state index in [0.29, 0.717) is 5.76 Å². The van der Waals surface area contributed by atoms with Crippen molar-refractivity contribution in [1.29, 1.82) is 0 Å². The van der Waals surface area contributed by atoms with Crippen LogP contribution >= 0.6 is 0 Å². The SMILES string of the molecule is C=C(O)CCCCCCC/C=C/CC. The molecule has 0 aromatic rings. The summed E-state index contributed by atoms with van der Waals surface area (Å²) in [6, 6.07) is 0. The van der Waals surface area contributed by atoms with E-state index in [9.17, 15) is 0 Å². The predicted molar refractivity (Wildman–Crippen MR) is 63.5 cm³/mol. The normalized spacial score (nSPS) is 10.9. The maximum Gasteiger partial charge on any atom is 0.0851 e. The number of aliphatic hydroxyl groups excluding tert-OH is 1. The molecule has 0 rings (SSSR count). The van der Waals surface area contributed by atoms with Crippen LogP contribution in [0.25, 0.3) is 0 Å². The van der Waals surface area contributed by atoms with Crippen molar-refractivity contribution < 1.29 is 5.11 Å². The Morgan fingerprint density at radius 1 is 1.07 bits per heavy atom. The van der Waals surface area contributed by atoms with Crippen LogP contribution in [0.1, 0.15) is 58.3 Å². The van der Waals surface area contributed by atoms with E-state index in [1.54, 1.807) is 0 Å². The second-order valence-electron chi connectivity index (χ2n) is 3.75. The highest BCUT2D eigenvalue weighted by molar-refractivity contribution is 4.80. The molecule has 0 amide bonds. The van der Waals surface area contributed by atoms with Gasteiger partial charge in [0, 0.05) is 6.42 Å². The van der Waals surface area contributed by atoms with E-state index in [1.165, 1.54) is 32.1 Å². The van der Waals surface area contributed by atoms with Crippen molar-refractivity contribution in [1.82, 2.24) is 0 Å². The third-order valence-electron chi connectivity index (χ3n) is 2.24. The molecule has 0 heterocycles. The molecule has 0 atom stereocenters. The molecular formula is C13H24O. The van der Waals surface area contributed by atoms with Crippen LogP contribution in [0.4, 0.5) is 0 Å². The van der Waals surface area contributed by atoms with Crippen molar-refractivity contribution in [3.05, 3.63) is 24.5 Å². The lowest BCUT2D eigenvalue weighted by atomic mass is 10.1. The standard InChI is InChI=1S/C13H24O/c1-3-4-5-6-7-8-9-10-11-12-13(2)14/h4-5,14H,2-3,6-12H2,1H3/b5-4+. The summed E-state index contributed by atoms with van der Waals surface area (Å²) in [6.45, 7) is 5.63. The average Bonchev–Trinajstić information content (AvgIpc) is 2.15. The lowest BCUT2D eigenvalue weighted by Gasteiger charge is -1.99. The summed E-state index contributed by atoms with van der Waals surface area (Å²) in [6.07, 6.45) is 13.9. The van der Waals surface area contributed by atoms with Gasteiger partial charge in [0.05, 0.1) is 5.76 Å². The van der Waals surface area contributed by atoms with Crippen LogP contribution in [-0.2, 0) is 0 Å². The van der Waals surface area contributed by atoms with Gasteiger partial charge in [-0.3, -0.25) is 0 Å². The number of allylic oxidation sites excluding steroid dienone is 3. The molecule has 0 fully saturated rings. The number of aliphatic hydroxyl groups is 1. The zero-order valence-corrected chi connectivity index (χ0v) is 9.47. The molecule has 1 heteroatoms. The zero-order valence-electron chi connectivity index (χ0n) is 9.47. The molecule has 0 spiro atoms. The van der Waals surface area contributed by atoms with Crippen LogP contribution in [0.15, 0.2) is 24.5 Å². The van der Waals surface area contributed by atoms with E-state index in [-0.39, 0.29) is 0 Å². The van der Waals surface area contributed by atoms with Gasteiger partial charge in [-0.15, -0.1) is 0 Å². The van der Waals surface area contributed by atoms with E-state index in [2.05, 4.69) is 25.7 Å². The lowest BCUT2D eigenvalue weighted by Crippen LogP contribution is -1.81. The Morgan fingerprint density at radius 2 is 1.71 bits per heavy atom. The first-order valence-electron chi connectivity index (χ1n) is 5.79. The van der Waals surface area contributed by atoms with Crippen molar-refractivity contribution in [2.24, 2.45) is 0 Å². The highest BCUT2D eigenvalue weighted by atomic mass is 16.3. The molecule has 1 N–H and O–H groups in total. The summed E-state index contributed by atoms with van der Waals surface area (Å²) in [5, 5.41) is 8.85. The topological polar surface area (TPSA) is 20.2 Å². The van der Waals surface area contributed by atoms with Gasteiger partial charge in [-0.25, -0.2) is 0 Å². The Bertz CT molecular complexity index is 159. The van der Waals surface area contributed by atoms with Gasteiger partial charge in [-0.2, -0.15) is 0 Å². The first-order valence-corrected chi connectivity index (χ1v) is 5.79. The summed E-state index contributed by atoms with van der Waals surface area (Å²) < 4.78 is 0. The molecule has 0 aromatic heterocycles. The minimum Gasteiger partial charge on any atom is -0.513 e. The fourth-order valence-electron chi connectivity index (χ4n) is 1.41. The largest absolute Gasteiger partial charge is 0.513 e. The van der Waals surface area contributed by atoms with E-state index in [0.717, 1.165) is 19.3 Å². The molecule has 0 unspecified atom stereocenters. The second kappa shape index (κ2) is 10.4. The Labute approximate surface area is 88.5 Å². The highest BCUT2D eigenvalue weighted by Gasteiger charge is 1.91.